The van der Waals surface area contributed by atoms with E-state index < -0.39 is 0 Å². The summed E-state index contributed by atoms with van der Waals surface area (Å²) in [6.45, 7) is 1.98. The van der Waals surface area contributed by atoms with Crippen LogP contribution in [0.25, 0.3) is 0 Å². The summed E-state index contributed by atoms with van der Waals surface area (Å²) >= 11 is 0. The molecule has 2 rings (SSSR count). The van der Waals surface area contributed by atoms with Crippen molar-refractivity contribution in [2.45, 2.75) is 44.8 Å². The molecule has 0 radical (unpaired) electrons. The smallest absolute Gasteiger partial charge is 0.224 e. The Kier molecular flexibility index (Phi) is 5.15. The first-order valence-corrected chi connectivity index (χ1v) is 7.28. The van der Waals surface area contributed by atoms with Crippen molar-refractivity contribution >= 4 is 11.6 Å². The number of hydrogen-bond acceptors (Lipinski definition) is 3. The van der Waals surface area contributed by atoms with Gasteiger partial charge in [0, 0.05) is 25.3 Å². The van der Waals surface area contributed by atoms with E-state index in [-0.39, 0.29) is 18.1 Å². The molecule has 1 unspecified atom stereocenters. The molecule has 110 valence electrons. The molecule has 0 aromatic heterocycles. The minimum absolute atomic E-state index is 0.0232. The van der Waals surface area contributed by atoms with Gasteiger partial charge in [-0.15, -0.1) is 0 Å². The highest BCUT2D eigenvalue weighted by molar-refractivity contribution is 5.91. The minimum Gasteiger partial charge on any atom is -0.377 e. The second-order valence-electron chi connectivity index (χ2n) is 5.61. The molecule has 1 aliphatic carbocycles. The first kappa shape index (κ1) is 15.0. The van der Waals surface area contributed by atoms with E-state index in [4.69, 9.17) is 10.5 Å². The zero-order valence-corrected chi connectivity index (χ0v) is 12.3. The van der Waals surface area contributed by atoms with E-state index in [1.807, 2.05) is 31.2 Å². The van der Waals surface area contributed by atoms with E-state index in [0.717, 1.165) is 30.5 Å². The van der Waals surface area contributed by atoms with Gasteiger partial charge in [0.25, 0.3) is 0 Å². The Labute approximate surface area is 120 Å². The molecule has 0 aliphatic heterocycles. The number of carbonyl (C=O) groups excluding carboxylic acids is 1. The van der Waals surface area contributed by atoms with Crippen molar-refractivity contribution in [2.24, 2.45) is 11.7 Å². The van der Waals surface area contributed by atoms with Crippen LogP contribution in [0.3, 0.4) is 0 Å². The molecule has 3 N–H and O–H groups in total. The van der Waals surface area contributed by atoms with Crippen LogP contribution in [0.15, 0.2) is 24.3 Å². The average Bonchev–Trinajstić information content (AvgIpc) is 2.83. The highest BCUT2D eigenvalue weighted by atomic mass is 16.5. The van der Waals surface area contributed by atoms with Crippen LogP contribution in [0.4, 0.5) is 5.69 Å². The Hall–Kier alpha value is -1.39. The van der Waals surface area contributed by atoms with Crippen molar-refractivity contribution < 1.29 is 9.53 Å². The molecular formula is C16H24N2O2. The molecule has 4 nitrogen and oxygen atoms in total. The van der Waals surface area contributed by atoms with Crippen LogP contribution in [0.5, 0.6) is 0 Å². The summed E-state index contributed by atoms with van der Waals surface area (Å²) in [7, 11) is 1.68. The van der Waals surface area contributed by atoms with Gasteiger partial charge in [-0.3, -0.25) is 4.79 Å². The van der Waals surface area contributed by atoms with Crippen molar-refractivity contribution in [1.29, 1.82) is 0 Å². The molecule has 1 aromatic rings. The van der Waals surface area contributed by atoms with Crippen molar-refractivity contribution in [3.8, 4) is 0 Å². The van der Waals surface area contributed by atoms with Crippen LogP contribution in [0, 0.1) is 5.92 Å². The van der Waals surface area contributed by atoms with Crippen LogP contribution in [-0.2, 0) is 9.53 Å². The molecule has 0 bridgehead atoms. The van der Waals surface area contributed by atoms with Crippen LogP contribution < -0.4 is 11.1 Å². The number of rotatable bonds is 5. The number of nitrogens with two attached hydrogens (primary N) is 1. The first-order chi connectivity index (χ1) is 9.60. The number of ether oxygens (including phenoxy) is 1. The second kappa shape index (κ2) is 6.86. The highest BCUT2D eigenvalue weighted by Gasteiger charge is 2.26. The number of hydrogen-bond donors (Lipinski definition) is 2. The Morgan fingerprint density at radius 2 is 2.30 bits per heavy atom. The summed E-state index contributed by atoms with van der Waals surface area (Å²) < 4.78 is 5.29. The third kappa shape index (κ3) is 3.81. The third-order valence-corrected chi connectivity index (χ3v) is 4.16. The van der Waals surface area contributed by atoms with Gasteiger partial charge in [-0.05, 0) is 43.4 Å². The number of carbonyl (C=O) groups is 1. The van der Waals surface area contributed by atoms with E-state index in [0.29, 0.717) is 12.3 Å². The normalized spacial score (nSPS) is 23.6. The van der Waals surface area contributed by atoms with Crippen molar-refractivity contribution in [3.63, 3.8) is 0 Å². The summed E-state index contributed by atoms with van der Waals surface area (Å²) in [5.41, 5.74) is 7.89. The molecule has 1 aromatic carbocycles. The van der Waals surface area contributed by atoms with Gasteiger partial charge in [0.15, 0.2) is 0 Å². The molecule has 4 heteroatoms. The van der Waals surface area contributed by atoms with Gasteiger partial charge < -0.3 is 15.8 Å². The summed E-state index contributed by atoms with van der Waals surface area (Å²) in [6, 6.07) is 7.97. The quantitative estimate of drug-likeness (QED) is 0.869. The van der Waals surface area contributed by atoms with Crippen molar-refractivity contribution in [1.82, 2.24) is 0 Å². The van der Waals surface area contributed by atoms with E-state index in [1.54, 1.807) is 7.11 Å². The van der Waals surface area contributed by atoms with E-state index in [2.05, 4.69) is 5.32 Å². The Morgan fingerprint density at radius 3 is 2.95 bits per heavy atom. The fourth-order valence-electron chi connectivity index (χ4n) is 2.77. The number of benzene rings is 1. The number of amides is 1. The lowest BCUT2D eigenvalue weighted by Crippen LogP contribution is -2.28. The summed E-state index contributed by atoms with van der Waals surface area (Å²) in [5.74, 6) is 0.380. The van der Waals surface area contributed by atoms with Gasteiger partial charge in [-0.2, -0.15) is 0 Å². The fraction of sp³-hybridized carbons (Fsp3) is 0.562. The van der Waals surface area contributed by atoms with Crippen LogP contribution in [0.2, 0.25) is 0 Å². The molecule has 3 atom stereocenters. The molecule has 0 heterocycles. The number of methoxy groups -OCH3 is 1. The zero-order chi connectivity index (χ0) is 14.5. The molecule has 1 fully saturated rings. The van der Waals surface area contributed by atoms with Crippen LogP contribution in [-0.4, -0.2) is 19.1 Å². The van der Waals surface area contributed by atoms with Crippen molar-refractivity contribution in [3.05, 3.63) is 29.8 Å². The number of nitrogens with one attached hydrogen (secondary N) is 1. The van der Waals surface area contributed by atoms with Gasteiger partial charge in [-0.1, -0.05) is 18.6 Å². The lowest BCUT2D eigenvalue weighted by Gasteiger charge is -2.15. The maximum atomic E-state index is 12.1. The van der Waals surface area contributed by atoms with E-state index in [1.165, 1.54) is 0 Å². The maximum Gasteiger partial charge on any atom is 0.224 e. The molecule has 1 saturated carbocycles. The standard InChI is InChI=1S/C16H24N2O2/c1-11(20-2)12-5-3-7-14(9-12)18-16(19)10-13-6-4-8-15(13)17/h3,5,7,9,11,13,15H,4,6,8,10,17H2,1-2H3,(H,18,19)/t11?,13-,15+/m0/s1. The molecule has 20 heavy (non-hydrogen) atoms. The van der Waals surface area contributed by atoms with Gasteiger partial charge in [0.1, 0.15) is 0 Å². The molecule has 1 aliphatic rings. The fourth-order valence-corrected chi connectivity index (χ4v) is 2.77. The largest absolute Gasteiger partial charge is 0.377 e. The van der Waals surface area contributed by atoms with Crippen LogP contribution in [0.1, 0.15) is 44.3 Å². The monoisotopic (exact) mass is 276 g/mol. The predicted octanol–water partition coefficient (Wildman–Crippen LogP) is 2.85. The van der Waals surface area contributed by atoms with E-state index in [9.17, 15) is 4.79 Å². The lowest BCUT2D eigenvalue weighted by atomic mass is 10.00. The zero-order valence-electron chi connectivity index (χ0n) is 12.3. The molecular weight excluding hydrogens is 252 g/mol. The summed E-state index contributed by atoms with van der Waals surface area (Å²) in [5, 5.41) is 2.96. The second-order valence-corrected chi connectivity index (χ2v) is 5.61. The topological polar surface area (TPSA) is 64.3 Å². The molecule has 0 saturated heterocycles. The van der Waals surface area contributed by atoms with Crippen LogP contribution >= 0.6 is 0 Å². The van der Waals surface area contributed by atoms with Gasteiger partial charge >= 0.3 is 0 Å². The predicted molar refractivity (Wildman–Crippen MR) is 80.4 cm³/mol. The highest BCUT2D eigenvalue weighted by Crippen LogP contribution is 2.27. The van der Waals surface area contributed by atoms with Crippen molar-refractivity contribution in [2.75, 3.05) is 12.4 Å². The average molecular weight is 276 g/mol. The third-order valence-electron chi connectivity index (χ3n) is 4.16. The Bertz CT molecular complexity index is 462. The molecule has 0 spiro atoms. The SMILES string of the molecule is COC(C)c1cccc(NC(=O)C[C@@H]2CCC[C@H]2N)c1. The van der Waals surface area contributed by atoms with E-state index >= 15 is 0 Å². The number of anilines is 1. The minimum atomic E-state index is 0.0232. The summed E-state index contributed by atoms with van der Waals surface area (Å²) in [4.78, 5) is 12.1. The van der Waals surface area contributed by atoms with Gasteiger partial charge in [0.2, 0.25) is 5.91 Å². The van der Waals surface area contributed by atoms with Gasteiger partial charge in [0.05, 0.1) is 6.10 Å². The maximum absolute atomic E-state index is 12.1. The van der Waals surface area contributed by atoms with Gasteiger partial charge in [-0.25, -0.2) is 0 Å². The first-order valence-electron chi connectivity index (χ1n) is 7.28. The Balaban J connectivity index is 1.93. The molecule has 1 amide bonds. The summed E-state index contributed by atoms with van der Waals surface area (Å²) in [6.07, 6.45) is 3.79. The lowest BCUT2D eigenvalue weighted by molar-refractivity contribution is -0.117. The Morgan fingerprint density at radius 1 is 1.50 bits per heavy atom.